The molecule has 0 N–H and O–H groups in total. The zero-order chi connectivity index (χ0) is 17.0. The largest absolute Gasteiger partial charge is 0.363 e. The molecule has 0 saturated heterocycles. The van der Waals surface area contributed by atoms with Crippen LogP contribution < -0.4 is 4.90 Å². The van der Waals surface area contributed by atoms with E-state index in [0.717, 1.165) is 16.9 Å². The van der Waals surface area contributed by atoms with Gasteiger partial charge in [0.05, 0.1) is 5.71 Å². The number of pyridine rings is 1. The SMILES string of the molecule is C/C(=N/OS(=O)(=O)c1ccc(C)cc1)c1ccnc(N(C)C)c1. The van der Waals surface area contributed by atoms with Gasteiger partial charge in [-0.05, 0) is 38.1 Å². The Labute approximate surface area is 136 Å². The monoisotopic (exact) mass is 333 g/mol. The number of aromatic nitrogens is 1. The van der Waals surface area contributed by atoms with Gasteiger partial charge in [-0.15, -0.1) is 0 Å². The van der Waals surface area contributed by atoms with Crippen molar-refractivity contribution in [3.05, 3.63) is 53.7 Å². The standard InChI is InChI=1S/C16H19N3O3S/c1-12-5-7-15(8-6-12)23(20,21)22-18-13(2)14-9-10-17-16(11-14)19(3)4/h5-11H,1-4H3/b18-13-. The molecule has 0 aliphatic heterocycles. The summed E-state index contributed by atoms with van der Waals surface area (Å²) in [4.78, 5) is 6.12. The van der Waals surface area contributed by atoms with Gasteiger partial charge in [0, 0.05) is 25.9 Å². The third kappa shape index (κ3) is 4.29. The second-order valence-electron chi connectivity index (χ2n) is 5.32. The first-order valence-corrected chi connectivity index (χ1v) is 8.39. The van der Waals surface area contributed by atoms with E-state index in [1.54, 1.807) is 37.4 Å². The summed E-state index contributed by atoms with van der Waals surface area (Å²) >= 11 is 0. The van der Waals surface area contributed by atoms with Crippen LogP contribution >= 0.6 is 0 Å². The van der Waals surface area contributed by atoms with Crippen molar-refractivity contribution < 1.29 is 12.7 Å². The highest BCUT2D eigenvalue weighted by molar-refractivity contribution is 7.86. The Morgan fingerprint density at radius 2 is 1.83 bits per heavy atom. The van der Waals surface area contributed by atoms with E-state index in [1.165, 1.54) is 12.1 Å². The Balaban J connectivity index is 2.21. The van der Waals surface area contributed by atoms with Gasteiger partial charge in [-0.25, -0.2) is 4.98 Å². The highest BCUT2D eigenvalue weighted by Gasteiger charge is 2.15. The van der Waals surface area contributed by atoms with Crippen LogP contribution in [0.5, 0.6) is 0 Å². The lowest BCUT2D eigenvalue weighted by Crippen LogP contribution is -2.11. The van der Waals surface area contributed by atoms with E-state index in [0.29, 0.717) is 5.71 Å². The van der Waals surface area contributed by atoms with Gasteiger partial charge in [0.1, 0.15) is 10.7 Å². The number of aryl methyl sites for hydroxylation is 1. The minimum absolute atomic E-state index is 0.0726. The van der Waals surface area contributed by atoms with Crippen molar-refractivity contribution in [2.75, 3.05) is 19.0 Å². The van der Waals surface area contributed by atoms with Crippen molar-refractivity contribution in [2.45, 2.75) is 18.7 Å². The highest BCUT2D eigenvalue weighted by atomic mass is 32.2. The maximum atomic E-state index is 12.1. The molecule has 0 fully saturated rings. The van der Waals surface area contributed by atoms with Crippen molar-refractivity contribution in [1.29, 1.82) is 0 Å². The summed E-state index contributed by atoms with van der Waals surface area (Å²) in [6.07, 6.45) is 1.64. The molecule has 0 amide bonds. The summed E-state index contributed by atoms with van der Waals surface area (Å²) in [5.41, 5.74) is 2.16. The predicted molar refractivity (Wildman–Crippen MR) is 90.2 cm³/mol. The molecule has 0 saturated carbocycles. The number of hydrogen-bond donors (Lipinski definition) is 0. The average molecular weight is 333 g/mol. The Morgan fingerprint density at radius 3 is 2.43 bits per heavy atom. The third-order valence-corrected chi connectivity index (χ3v) is 4.32. The quantitative estimate of drug-likeness (QED) is 0.621. The Bertz CT molecular complexity index is 813. The Kier molecular flexibility index (Phi) is 5.00. The lowest BCUT2D eigenvalue weighted by molar-refractivity contribution is 0.339. The topological polar surface area (TPSA) is 71.9 Å². The van der Waals surface area contributed by atoms with Crippen LogP contribution in [0, 0.1) is 6.92 Å². The summed E-state index contributed by atoms with van der Waals surface area (Å²) in [6, 6.07) is 9.95. The van der Waals surface area contributed by atoms with Crippen molar-refractivity contribution >= 4 is 21.6 Å². The molecule has 0 unspecified atom stereocenters. The Morgan fingerprint density at radius 1 is 1.17 bits per heavy atom. The maximum Gasteiger partial charge on any atom is 0.358 e. The molecule has 0 radical (unpaired) electrons. The molecular formula is C16H19N3O3S. The molecule has 1 aromatic carbocycles. The first-order chi connectivity index (χ1) is 10.8. The van der Waals surface area contributed by atoms with Crippen LogP contribution in [0.4, 0.5) is 5.82 Å². The van der Waals surface area contributed by atoms with Crippen LogP contribution in [0.2, 0.25) is 0 Å². The maximum absolute atomic E-state index is 12.1. The van der Waals surface area contributed by atoms with Crippen molar-refractivity contribution in [1.82, 2.24) is 4.98 Å². The van der Waals surface area contributed by atoms with Gasteiger partial charge in [0.25, 0.3) is 0 Å². The number of oxime groups is 1. The van der Waals surface area contributed by atoms with Gasteiger partial charge in [-0.1, -0.05) is 22.9 Å². The highest BCUT2D eigenvalue weighted by Crippen LogP contribution is 2.15. The second-order valence-corrected chi connectivity index (χ2v) is 6.84. The fraction of sp³-hybridized carbons (Fsp3) is 0.250. The van der Waals surface area contributed by atoms with E-state index >= 15 is 0 Å². The number of nitrogens with zero attached hydrogens (tertiary/aromatic N) is 3. The summed E-state index contributed by atoms with van der Waals surface area (Å²) in [5, 5.41) is 3.75. The van der Waals surface area contributed by atoms with E-state index in [1.807, 2.05) is 25.9 Å². The van der Waals surface area contributed by atoms with Crippen molar-refractivity contribution in [3.63, 3.8) is 0 Å². The molecule has 7 heteroatoms. The fourth-order valence-corrected chi connectivity index (χ4v) is 2.56. The van der Waals surface area contributed by atoms with Crippen molar-refractivity contribution in [2.24, 2.45) is 5.16 Å². The normalized spacial score (nSPS) is 12.1. The number of rotatable bonds is 5. The first-order valence-electron chi connectivity index (χ1n) is 6.98. The van der Waals surface area contributed by atoms with E-state index in [2.05, 4.69) is 10.1 Å². The average Bonchev–Trinajstić information content (AvgIpc) is 2.53. The van der Waals surface area contributed by atoms with E-state index < -0.39 is 10.1 Å². The second kappa shape index (κ2) is 6.78. The lowest BCUT2D eigenvalue weighted by atomic mass is 10.2. The lowest BCUT2D eigenvalue weighted by Gasteiger charge is -2.11. The van der Waals surface area contributed by atoms with Crippen LogP contribution in [0.1, 0.15) is 18.1 Å². The molecule has 0 aliphatic carbocycles. The summed E-state index contributed by atoms with van der Waals surface area (Å²) in [7, 11) is -0.176. The van der Waals surface area contributed by atoms with Crippen LogP contribution in [0.15, 0.2) is 52.6 Å². The Hall–Kier alpha value is -2.41. The first kappa shape index (κ1) is 17.0. The van der Waals surface area contributed by atoms with Gasteiger partial charge in [0.15, 0.2) is 0 Å². The van der Waals surface area contributed by atoms with Crippen LogP contribution in [-0.2, 0) is 14.4 Å². The molecule has 1 heterocycles. The molecule has 122 valence electrons. The minimum Gasteiger partial charge on any atom is -0.363 e. The number of hydrogen-bond acceptors (Lipinski definition) is 6. The summed E-state index contributed by atoms with van der Waals surface area (Å²) < 4.78 is 29.0. The predicted octanol–water partition coefficient (Wildman–Crippen LogP) is 2.59. The van der Waals surface area contributed by atoms with Gasteiger partial charge < -0.3 is 4.90 Å². The molecule has 0 spiro atoms. The van der Waals surface area contributed by atoms with Crippen LogP contribution in [-0.4, -0.2) is 33.2 Å². The van der Waals surface area contributed by atoms with Gasteiger partial charge in [-0.2, -0.15) is 8.42 Å². The minimum atomic E-state index is -3.92. The zero-order valence-electron chi connectivity index (χ0n) is 13.5. The molecule has 1 aromatic heterocycles. The van der Waals surface area contributed by atoms with E-state index in [4.69, 9.17) is 4.28 Å². The van der Waals surface area contributed by atoms with E-state index in [-0.39, 0.29) is 4.90 Å². The molecule has 0 aliphatic rings. The van der Waals surface area contributed by atoms with E-state index in [9.17, 15) is 8.42 Å². The summed E-state index contributed by atoms with van der Waals surface area (Å²) in [5.74, 6) is 0.749. The van der Waals surface area contributed by atoms with Crippen molar-refractivity contribution in [3.8, 4) is 0 Å². The number of anilines is 1. The number of benzene rings is 1. The molecular weight excluding hydrogens is 314 g/mol. The van der Waals surface area contributed by atoms with Crippen LogP contribution in [0.3, 0.4) is 0 Å². The van der Waals surface area contributed by atoms with Gasteiger partial charge in [-0.3, -0.25) is 4.28 Å². The van der Waals surface area contributed by atoms with Crippen LogP contribution in [0.25, 0.3) is 0 Å². The third-order valence-electron chi connectivity index (χ3n) is 3.20. The molecule has 0 atom stereocenters. The fourth-order valence-electron chi connectivity index (χ4n) is 1.79. The zero-order valence-corrected chi connectivity index (χ0v) is 14.3. The molecule has 6 nitrogen and oxygen atoms in total. The van der Waals surface area contributed by atoms with Gasteiger partial charge >= 0.3 is 10.1 Å². The van der Waals surface area contributed by atoms with Gasteiger partial charge in [0.2, 0.25) is 0 Å². The molecule has 2 rings (SSSR count). The summed E-state index contributed by atoms with van der Waals surface area (Å²) in [6.45, 7) is 3.56. The smallest absolute Gasteiger partial charge is 0.358 e. The molecule has 2 aromatic rings. The molecule has 0 bridgehead atoms. The molecule has 23 heavy (non-hydrogen) atoms.